The third-order valence-electron chi connectivity index (χ3n) is 11.8. The maximum atomic E-state index is 12.5. The molecule has 4 N–H and O–H groups in total. The molecule has 0 saturated heterocycles. The van der Waals surface area contributed by atoms with Gasteiger partial charge in [-0.2, -0.15) is 0 Å². The number of amides is 1. The van der Waals surface area contributed by atoms with Crippen LogP contribution >= 0.6 is 0 Å². The zero-order valence-corrected chi connectivity index (χ0v) is 39.8. The first-order chi connectivity index (χ1) is 29.6. The van der Waals surface area contributed by atoms with Crippen molar-refractivity contribution in [2.24, 2.45) is 0 Å². The number of aliphatic hydroxyl groups is 3. The van der Waals surface area contributed by atoms with Gasteiger partial charge in [0.1, 0.15) is 6.10 Å². The van der Waals surface area contributed by atoms with Crippen LogP contribution in [0.1, 0.15) is 258 Å². The van der Waals surface area contributed by atoms with Gasteiger partial charge in [-0.1, -0.05) is 242 Å². The number of unbranched alkanes of at least 4 members (excludes halogenated alkanes) is 31. The standard InChI is InChI=1S/C55H101NO4/c1-3-5-7-9-11-13-15-17-19-21-22-23-24-25-26-27-28-29-30-31-32-33-34-36-38-40-42-44-46-48-50-54(59)55(60)56-52(51-57)53(58)49-47-45-43-41-39-37-35-20-18-16-14-12-10-8-6-4-2/h18,20,22-23,25-26,39,41,47,49,52-54,57-59H,3-17,19,21,24,27-38,40,42-46,48,50-51H2,1-2H3,(H,56,60)/b20-18+,23-22-,26-25-,41-39+,49-47+. The third-order valence-corrected chi connectivity index (χ3v) is 11.8. The van der Waals surface area contributed by atoms with E-state index in [-0.39, 0.29) is 6.61 Å². The summed E-state index contributed by atoms with van der Waals surface area (Å²) in [5.41, 5.74) is 0. The van der Waals surface area contributed by atoms with Crippen molar-refractivity contribution < 1.29 is 20.1 Å². The lowest BCUT2D eigenvalue weighted by molar-refractivity contribution is -0.131. The number of hydrogen-bond donors (Lipinski definition) is 4. The van der Waals surface area contributed by atoms with Crippen LogP contribution in [0.5, 0.6) is 0 Å². The summed E-state index contributed by atoms with van der Waals surface area (Å²) in [6, 6.07) is -0.823. The number of allylic oxidation sites excluding steroid dienone is 9. The van der Waals surface area contributed by atoms with Crippen LogP contribution in [0.15, 0.2) is 60.8 Å². The molecular weight excluding hydrogens is 739 g/mol. The summed E-state index contributed by atoms with van der Waals surface area (Å²) in [5, 5.41) is 33.2. The summed E-state index contributed by atoms with van der Waals surface area (Å²) in [6.45, 7) is 4.16. The molecule has 1 amide bonds. The lowest BCUT2D eigenvalue weighted by atomic mass is 10.0. The highest BCUT2D eigenvalue weighted by atomic mass is 16.3. The molecule has 0 heterocycles. The molecule has 0 spiro atoms. The van der Waals surface area contributed by atoms with E-state index in [1.807, 2.05) is 6.08 Å². The Morgan fingerprint density at radius 1 is 0.417 bits per heavy atom. The molecule has 5 nitrogen and oxygen atoms in total. The number of carbonyl (C=O) groups excluding carboxylic acids is 1. The van der Waals surface area contributed by atoms with Gasteiger partial charge in [0, 0.05) is 0 Å². The highest BCUT2D eigenvalue weighted by molar-refractivity contribution is 5.80. The van der Waals surface area contributed by atoms with Gasteiger partial charge in [0.25, 0.3) is 0 Å². The van der Waals surface area contributed by atoms with E-state index in [4.69, 9.17) is 0 Å². The maximum Gasteiger partial charge on any atom is 0.249 e. The molecule has 0 saturated carbocycles. The minimum Gasteiger partial charge on any atom is -0.394 e. The van der Waals surface area contributed by atoms with Crippen LogP contribution in [0.4, 0.5) is 0 Å². The van der Waals surface area contributed by atoms with Crippen LogP contribution in [0.25, 0.3) is 0 Å². The van der Waals surface area contributed by atoms with Crippen molar-refractivity contribution in [3.05, 3.63) is 60.8 Å². The van der Waals surface area contributed by atoms with Crippen LogP contribution in [-0.4, -0.2) is 46.1 Å². The molecular formula is C55H101NO4. The van der Waals surface area contributed by atoms with Gasteiger partial charge >= 0.3 is 0 Å². The first-order valence-corrected chi connectivity index (χ1v) is 26.1. The predicted molar refractivity (Wildman–Crippen MR) is 264 cm³/mol. The van der Waals surface area contributed by atoms with Gasteiger partial charge in [-0.15, -0.1) is 0 Å². The molecule has 3 unspecified atom stereocenters. The molecule has 60 heavy (non-hydrogen) atoms. The van der Waals surface area contributed by atoms with Gasteiger partial charge in [0.15, 0.2) is 0 Å². The fourth-order valence-corrected chi connectivity index (χ4v) is 7.72. The molecule has 0 aromatic heterocycles. The van der Waals surface area contributed by atoms with E-state index >= 15 is 0 Å². The van der Waals surface area contributed by atoms with E-state index in [9.17, 15) is 20.1 Å². The van der Waals surface area contributed by atoms with Crippen molar-refractivity contribution in [3.8, 4) is 0 Å². The summed E-state index contributed by atoms with van der Waals surface area (Å²) in [4.78, 5) is 12.5. The van der Waals surface area contributed by atoms with Crippen molar-refractivity contribution in [3.63, 3.8) is 0 Å². The molecule has 0 fully saturated rings. The van der Waals surface area contributed by atoms with Crippen LogP contribution in [0.2, 0.25) is 0 Å². The smallest absolute Gasteiger partial charge is 0.249 e. The van der Waals surface area contributed by atoms with Gasteiger partial charge < -0.3 is 20.6 Å². The normalized spacial score (nSPS) is 13.9. The van der Waals surface area contributed by atoms with Gasteiger partial charge in [0.2, 0.25) is 5.91 Å². The molecule has 3 atom stereocenters. The zero-order chi connectivity index (χ0) is 43.7. The number of hydrogen-bond acceptors (Lipinski definition) is 4. The quantitative estimate of drug-likeness (QED) is 0.0363. The first-order valence-electron chi connectivity index (χ1n) is 26.1. The molecule has 0 aliphatic rings. The van der Waals surface area contributed by atoms with Gasteiger partial charge in [-0.3, -0.25) is 4.79 Å². The summed E-state index contributed by atoms with van der Waals surface area (Å²) < 4.78 is 0. The average molecular weight is 840 g/mol. The SMILES string of the molecule is CCCCCCCC/C=C/CC/C=C/CC/C=C/C(O)C(CO)NC(=O)C(O)CCCCCCCCCCCCCCCC/C=C\C/C=C\CCCCCCCCCCC. The lowest BCUT2D eigenvalue weighted by Gasteiger charge is -2.21. The summed E-state index contributed by atoms with van der Waals surface area (Å²) in [5.74, 6) is -0.518. The number of carbonyl (C=O) groups is 1. The minimum absolute atomic E-state index is 0.383. The molecule has 0 aliphatic carbocycles. The van der Waals surface area contributed by atoms with E-state index < -0.39 is 24.2 Å². The number of aliphatic hydroxyl groups excluding tert-OH is 3. The van der Waals surface area contributed by atoms with Gasteiger partial charge in [0.05, 0.1) is 18.8 Å². The van der Waals surface area contributed by atoms with Crippen molar-refractivity contribution >= 4 is 5.91 Å². The van der Waals surface area contributed by atoms with Crippen LogP contribution in [0.3, 0.4) is 0 Å². The van der Waals surface area contributed by atoms with Crippen LogP contribution in [-0.2, 0) is 4.79 Å². The number of rotatable bonds is 47. The Kier molecular flexibility index (Phi) is 48.1. The largest absolute Gasteiger partial charge is 0.394 e. The Labute approximate surface area is 373 Å². The average Bonchev–Trinajstić information content (AvgIpc) is 3.25. The van der Waals surface area contributed by atoms with E-state index in [0.717, 1.165) is 51.4 Å². The van der Waals surface area contributed by atoms with Crippen LogP contribution < -0.4 is 5.32 Å². The fraction of sp³-hybridized carbons (Fsp3) is 0.800. The van der Waals surface area contributed by atoms with Gasteiger partial charge in [-0.25, -0.2) is 0 Å². The molecule has 350 valence electrons. The second-order valence-electron chi connectivity index (χ2n) is 17.7. The molecule has 0 radical (unpaired) electrons. The van der Waals surface area contributed by atoms with Crippen molar-refractivity contribution in [2.75, 3.05) is 6.61 Å². The lowest BCUT2D eigenvalue weighted by Crippen LogP contribution is -2.48. The third kappa shape index (κ3) is 44.1. The Hall–Kier alpha value is -1.95. The van der Waals surface area contributed by atoms with E-state index in [2.05, 4.69) is 67.8 Å². The van der Waals surface area contributed by atoms with E-state index in [0.29, 0.717) is 6.42 Å². The maximum absolute atomic E-state index is 12.5. The molecule has 0 bridgehead atoms. The summed E-state index contributed by atoms with van der Waals surface area (Å²) in [6.07, 6.45) is 67.1. The Morgan fingerprint density at radius 3 is 1.12 bits per heavy atom. The van der Waals surface area contributed by atoms with Crippen molar-refractivity contribution in [2.45, 2.75) is 276 Å². The minimum atomic E-state index is -1.11. The molecule has 5 heteroatoms. The summed E-state index contributed by atoms with van der Waals surface area (Å²) >= 11 is 0. The van der Waals surface area contributed by atoms with Crippen LogP contribution in [0, 0.1) is 0 Å². The second kappa shape index (κ2) is 49.7. The van der Waals surface area contributed by atoms with Gasteiger partial charge in [-0.05, 0) is 77.0 Å². The monoisotopic (exact) mass is 840 g/mol. The molecule has 0 aromatic rings. The number of nitrogens with one attached hydrogen (secondary N) is 1. The fourth-order valence-electron chi connectivity index (χ4n) is 7.72. The highest BCUT2D eigenvalue weighted by Crippen LogP contribution is 2.15. The Bertz CT molecular complexity index is 1020. The first kappa shape index (κ1) is 58.0. The highest BCUT2D eigenvalue weighted by Gasteiger charge is 2.22. The van der Waals surface area contributed by atoms with E-state index in [1.54, 1.807) is 6.08 Å². The van der Waals surface area contributed by atoms with Crippen molar-refractivity contribution in [1.29, 1.82) is 0 Å². The van der Waals surface area contributed by atoms with Crippen molar-refractivity contribution in [1.82, 2.24) is 5.32 Å². The molecule has 0 aromatic carbocycles. The Balaban J connectivity index is 3.62. The summed E-state index contributed by atoms with van der Waals surface area (Å²) in [7, 11) is 0. The topological polar surface area (TPSA) is 89.8 Å². The molecule has 0 aliphatic heterocycles. The zero-order valence-electron chi connectivity index (χ0n) is 39.8. The predicted octanol–water partition coefficient (Wildman–Crippen LogP) is 15.8. The van der Waals surface area contributed by atoms with E-state index in [1.165, 1.54) is 186 Å². The Morgan fingerprint density at radius 2 is 0.733 bits per heavy atom. The second-order valence-corrected chi connectivity index (χ2v) is 17.7. The molecule has 0 rings (SSSR count).